The summed E-state index contributed by atoms with van der Waals surface area (Å²) in [6.45, 7) is 0. The van der Waals surface area contributed by atoms with Gasteiger partial charge in [-0.25, -0.2) is 4.98 Å². The summed E-state index contributed by atoms with van der Waals surface area (Å²) in [5.74, 6) is -0.217. The average molecular weight is 192 g/mol. The molecule has 0 unspecified atom stereocenters. The zero-order chi connectivity index (χ0) is 9.97. The van der Waals surface area contributed by atoms with Crippen LogP contribution >= 0.6 is 0 Å². The molecule has 74 valence electrons. The number of anilines is 1. The molecular formula is C10H12N2O2. The van der Waals surface area contributed by atoms with Gasteiger partial charge in [-0.3, -0.25) is 4.79 Å². The minimum absolute atomic E-state index is 0.0439. The number of hydrogen-bond acceptors (Lipinski definition) is 3. The minimum Gasteiger partial charge on any atom is -0.481 e. The monoisotopic (exact) mass is 192 g/mol. The number of pyridine rings is 1. The average Bonchev–Trinajstić information content (AvgIpc) is 2.13. The first-order valence-electron chi connectivity index (χ1n) is 4.68. The second-order valence-corrected chi connectivity index (χ2v) is 3.49. The molecule has 14 heavy (non-hydrogen) atoms. The first-order valence-corrected chi connectivity index (χ1v) is 4.68. The maximum atomic E-state index is 10.7. The smallest absolute Gasteiger partial charge is 0.308 e. The van der Waals surface area contributed by atoms with Crippen LogP contribution in [0.4, 0.5) is 5.82 Å². The third-order valence-electron chi connectivity index (χ3n) is 2.59. The maximum absolute atomic E-state index is 10.7. The molecule has 2 rings (SSSR count). The van der Waals surface area contributed by atoms with Crippen molar-refractivity contribution in [1.82, 2.24) is 4.98 Å². The molecule has 0 aromatic carbocycles. The molecule has 0 spiro atoms. The van der Waals surface area contributed by atoms with Gasteiger partial charge in [0.25, 0.3) is 0 Å². The summed E-state index contributed by atoms with van der Waals surface area (Å²) in [5, 5.41) is 11.9. The molecular weight excluding hydrogens is 180 g/mol. The summed E-state index contributed by atoms with van der Waals surface area (Å²) < 4.78 is 0. The molecule has 1 aliphatic rings. The number of hydrogen-bond donors (Lipinski definition) is 2. The van der Waals surface area contributed by atoms with Crippen molar-refractivity contribution in [2.75, 3.05) is 5.32 Å². The van der Waals surface area contributed by atoms with Gasteiger partial charge in [0.1, 0.15) is 5.82 Å². The minimum atomic E-state index is -0.718. The highest BCUT2D eigenvalue weighted by molar-refractivity contribution is 5.72. The highest BCUT2D eigenvalue weighted by atomic mass is 16.4. The van der Waals surface area contributed by atoms with Crippen molar-refractivity contribution in [1.29, 1.82) is 0 Å². The highest BCUT2D eigenvalue weighted by Gasteiger charge is 2.36. The summed E-state index contributed by atoms with van der Waals surface area (Å²) >= 11 is 0. The number of carboxylic acids is 1. The van der Waals surface area contributed by atoms with Crippen molar-refractivity contribution in [3.8, 4) is 0 Å². The van der Waals surface area contributed by atoms with Gasteiger partial charge in [-0.1, -0.05) is 6.07 Å². The van der Waals surface area contributed by atoms with Gasteiger partial charge in [0.05, 0.1) is 5.92 Å². The van der Waals surface area contributed by atoms with Crippen molar-refractivity contribution < 1.29 is 9.90 Å². The zero-order valence-corrected chi connectivity index (χ0v) is 7.68. The SMILES string of the molecule is O=C(O)[C@H]1CC[C@@H]1Nc1ccccn1. The van der Waals surface area contributed by atoms with E-state index in [-0.39, 0.29) is 12.0 Å². The Morgan fingerprint density at radius 1 is 1.50 bits per heavy atom. The van der Waals surface area contributed by atoms with Crippen LogP contribution < -0.4 is 5.32 Å². The summed E-state index contributed by atoms with van der Waals surface area (Å²) in [6.07, 6.45) is 3.37. The van der Waals surface area contributed by atoms with Gasteiger partial charge in [0.2, 0.25) is 0 Å². The Kier molecular flexibility index (Phi) is 2.35. The van der Waals surface area contributed by atoms with Crippen LogP contribution in [0.15, 0.2) is 24.4 Å². The van der Waals surface area contributed by atoms with E-state index in [9.17, 15) is 4.79 Å². The van der Waals surface area contributed by atoms with E-state index in [0.29, 0.717) is 0 Å². The van der Waals surface area contributed by atoms with E-state index in [1.165, 1.54) is 0 Å². The van der Waals surface area contributed by atoms with Gasteiger partial charge in [-0.2, -0.15) is 0 Å². The van der Waals surface area contributed by atoms with Gasteiger partial charge in [-0.15, -0.1) is 0 Å². The van der Waals surface area contributed by atoms with E-state index >= 15 is 0 Å². The van der Waals surface area contributed by atoms with Crippen molar-refractivity contribution in [3.05, 3.63) is 24.4 Å². The number of nitrogens with zero attached hydrogens (tertiary/aromatic N) is 1. The van der Waals surface area contributed by atoms with E-state index in [4.69, 9.17) is 5.11 Å². The van der Waals surface area contributed by atoms with Gasteiger partial charge in [-0.05, 0) is 25.0 Å². The van der Waals surface area contributed by atoms with E-state index < -0.39 is 5.97 Å². The van der Waals surface area contributed by atoms with Crippen LogP contribution in [0.3, 0.4) is 0 Å². The highest BCUT2D eigenvalue weighted by Crippen LogP contribution is 2.29. The molecule has 1 fully saturated rings. The second kappa shape index (κ2) is 3.65. The third-order valence-corrected chi connectivity index (χ3v) is 2.59. The van der Waals surface area contributed by atoms with E-state index in [2.05, 4.69) is 10.3 Å². The fourth-order valence-electron chi connectivity index (χ4n) is 1.61. The Labute approximate surface area is 82.0 Å². The molecule has 0 saturated heterocycles. The normalized spacial score (nSPS) is 25.1. The summed E-state index contributed by atoms with van der Waals surface area (Å²) in [4.78, 5) is 14.8. The summed E-state index contributed by atoms with van der Waals surface area (Å²) in [6, 6.07) is 5.60. The predicted octanol–water partition coefficient (Wildman–Crippen LogP) is 1.36. The number of carboxylic acid groups (broad SMARTS) is 1. The third kappa shape index (κ3) is 1.69. The molecule has 0 bridgehead atoms. The molecule has 4 heteroatoms. The Hall–Kier alpha value is -1.58. The van der Waals surface area contributed by atoms with Crippen LogP contribution in [0.5, 0.6) is 0 Å². The molecule has 1 aromatic heterocycles. The van der Waals surface area contributed by atoms with Crippen molar-refractivity contribution >= 4 is 11.8 Å². The number of aliphatic carboxylic acids is 1. The quantitative estimate of drug-likeness (QED) is 0.759. The lowest BCUT2D eigenvalue weighted by atomic mass is 9.79. The standard InChI is InChI=1S/C10H12N2O2/c13-10(14)7-4-5-8(7)12-9-3-1-2-6-11-9/h1-3,6-8H,4-5H2,(H,11,12)(H,13,14)/t7-,8-/m0/s1. The van der Waals surface area contributed by atoms with Crippen LogP contribution in [0.2, 0.25) is 0 Å². The molecule has 1 aliphatic carbocycles. The van der Waals surface area contributed by atoms with Crippen LogP contribution in [-0.4, -0.2) is 22.1 Å². The molecule has 0 aliphatic heterocycles. The predicted molar refractivity (Wildman–Crippen MR) is 52.0 cm³/mol. The number of aromatic nitrogens is 1. The van der Waals surface area contributed by atoms with E-state index in [1.807, 2.05) is 18.2 Å². The Bertz CT molecular complexity index is 326. The van der Waals surface area contributed by atoms with Crippen LogP contribution in [0.1, 0.15) is 12.8 Å². The van der Waals surface area contributed by atoms with Gasteiger partial charge >= 0.3 is 5.97 Å². The lowest BCUT2D eigenvalue weighted by Crippen LogP contribution is -2.43. The number of nitrogens with one attached hydrogen (secondary N) is 1. The van der Waals surface area contributed by atoms with Gasteiger partial charge in [0.15, 0.2) is 0 Å². The van der Waals surface area contributed by atoms with Crippen molar-refractivity contribution in [2.45, 2.75) is 18.9 Å². The molecule has 2 atom stereocenters. The Morgan fingerprint density at radius 2 is 2.36 bits per heavy atom. The molecule has 1 aromatic rings. The van der Waals surface area contributed by atoms with Crippen LogP contribution in [0.25, 0.3) is 0 Å². The first-order chi connectivity index (χ1) is 6.77. The molecule has 1 saturated carbocycles. The zero-order valence-electron chi connectivity index (χ0n) is 7.68. The summed E-state index contributed by atoms with van der Waals surface area (Å²) in [5.41, 5.74) is 0. The van der Waals surface area contributed by atoms with Crippen LogP contribution in [-0.2, 0) is 4.79 Å². The lowest BCUT2D eigenvalue weighted by molar-refractivity contribution is -0.144. The fraction of sp³-hybridized carbons (Fsp3) is 0.400. The van der Waals surface area contributed by atoms with E-state index in [0.717, 1.165) is 18.7 Å². The van der Waals surface area contributed by atoms with Crippen molar-refractivity contribution in [3.63, 3.8) is 0 Å². The molecule has 0 amide bonds. The fourth-order valence-corrected chi connectivity index (χ4v) is 1.61. The lowest BCUT2D eigenvalue weighted by Gasteiger charge is -2.34. The summed E-state index contributed by atoms with van der Waals surface area (Å²) in [7, 11) is 0. The van der Waals surface area contributed by atoms with Gasteiger partial charge in [0, 0.05) is 12.2 Å². The first kappa shape index (κ1) is 8.99. The maximum Gasteiger partial charge on any atom is 0.308 e. The Morgan fingerprint density at radius 3 is 2.86 bits per heavy atom. The number of rotatable bonds is 3. The molecule has 2 N–H and O–H groups in total. The topological polar surface area (TPSA) is 62.2 Å². The van der Waals surface area contributed by atoms with E-state index in [1.54, 1.807) is 6.20 Å². The molecule has 0 radical (unpaired) electrons. The second-order valence-electron chi connectivity index (χ2n) is 3.49. The van der Waals surface area contributed by atoms with Crippen molar-refractivity contribution in [2.24, 2.45) is 5.92 Å². The largest absolute Gasteiger partial charge is 0.481 e. The molecule has 1 heterocycles. The van der Waals surface area contributed by atoms with Gasteiger partial charge < -0.3 is 10.4 Å². The number of carbonyl (C=O) groups is 1. The Balaban J connectivity index is 1.96. The molecule has 4 nitrogen and oxygen atoms in total. The van der Waals surface area contributed by atoms with Crippen LogP contribution in [0, 0.1) is 5.92 Å².